The van der Waals surface area contributed by atoms with Gasteiger partial charge in [-0.25, -0.2) is 22.2 Å². The molecule has 0 bridgehead atoms. The number of aromatic nitrogens is 5. The number of rotatable bonds is 10. The highest BCUT2D eigenvalue weighted by atomic mass is 32.2. The SMILES string of the molecule is Cn1nc(NS(C)(=O)=O)c2cccc(-c3ccc(C#CC(C)(C)CO)nc3C(Cc3cc(F)cc(F)c3)NC(=O)Cn3nc(C(F)(F)F)c4c3C(F)(F)C3CCC43)c21. The van der Waals surface area contributed by atoms with Crippen LogP contribution in [-0.4, -0.2) is 56.8 Å². The molecule has 1 saturated carbocycles. The van der Waals surface area contributed by atoms with Crippen molar-refractivity contribution in [3.8, 4) is 23.0 Å². The summed E-state index contributed by atoms with van der Waals surface area (Å²) in [4.78, 5) is 18.7. The number of anilines is 1. The van der Waals surface area contributed by atoms with Crippen LogP contribution in [0.4, 0.5) is 36.6 Å². The molecule has 11 nitrogen and oxygen atoms in total. The van der Waals surface area contributed by atoms with Gasteiger partial charge in [-0.15, -0.1) is 0 Å². The Hall–Kier alpha value is -5.48. The molecule has 2 aliphatic carbocycles. The Morgan fingerprint density at radius 1 is 1.05 bits per heavy atom. The minimum atomic E-state index is -5.08. The summed E-state index contributed by atoms with van der Waals surface area (Å²) >= 11 is 0. The molecule has 2 aromatic carbocycles. The number of halogens is 7. The number of sulfonamides is 1. The molecule has 3 aromatic heterocycles. The second-order valence-electron chi connectivity index (χ2n) is 15.3. The first kappa shape index (κ1) is 40.7. The Morgan fingerprint density at radius 3 is 2.38 bits per heavy atom. The maximum Gasteiger partial charge on any atom is 0.435 e. The summed E-state index contributed by atoms with van der Waals surface area (Å²) in [5.41, 5.74) is -2.71. The van der Waals surface area contributed by atoms with Crippen LogP contribution in [-0.2, 0) is 46.9 Å². The van der Waals surface area contributed by atoms with Gasteiger partial charge in [-0.1, -0.05) is 18.1 Å². The van der Waals surface area contributed by atoms with E-state index in [1.54, 1.807) is 45.2 Å². The maximum atomic E-state index is 15.6. The van der Waals surface area contributed by atoms with Crippen molar-refractivity contribution in [1.82, 2.24) is 29.9 Å². The predicted molar refractivity (Wildman–Crippen MR) is 198 cm³/mol. The lowest BCUT2D eigenvalue weighted by Gasteiger charge is -2.34. The van der Waals surface area contributed by atoms with Crippen LogP contribution < -0.4 is 10.0 Å². The average molecular weight is 832 g/mol. The number of aryl methyl sites for hydroxylation is 1. The number of hydrogen-bond donors (Lipinski definition) is 3. The fourth-order valence-electron chi connectivity index (χ4n) is 7.63. The van der Waals surface area contributed by atoms with E-state index in [1.165, 1.54) is 10.7 Å². The molecule has 1 amide bonds. The van der Waals surface area contributed by atoms with Gasteiger partial charge < -0.3 is 10.4 Å². The number of carbonyl (C=O) groups excluding carboxylic acids is 1. The van der Waals surface area contributed by atoms with E-state index in [4.69, 9.17) is 4.98 Å². The molecule has 0 aliphatic heterocycles. The number of nitrogens with zero attached hydrogens (tertiary/aromatic N) is 5. The summed E-state index contributed by atoms with van der Waals surface area (Å²) in [6.07, 6.45) is -4.39. The quantitative estimate of drug-likeness (QED) is 0.107. The van der Waals surface area contributed by atoms with Gasteiger partial charge in [0.2, 0.25) is 15.9 Å². The molecule has 1 fully saturated rings. The van der Waals surface area contributed by atoms with Gasteiger partial charge in [0.05, 0.1) is 30.1 Å². The molecular formula is C39H36F7N7O4S. The van der Waals surface area contributed by atoms with Crippen molar-refractivity contribution in [3.63, 3.8) is 0 Å². The van der Waals surface area contributed by atoms with E-state index >= 15 is 8.78 Å². The van der Waals surface area contributed by atoms with Gasteiger partial charge in [0.1, 0.15) is 29.6 Å². The Labute approximate surface area is 327 Å². The molecule has 306 valence electrons. The first-order chi connectivity index (χ1) is 27.1. The van der Waals surface area contributed by atoms with Crippen molar-refractivity contribution >= 4 is 32.7 Å². The summed E-state index contributed by atoms with van der Waals surface area (Å²) < 4.78 is 131. The molecule has 0 saturated heterocycles. The summed E-state index contributed by atoms with van der Waals surface area (Å²) in [6.45, 7) is 1.97. The molecule has 3 N–H and O–H groups in total. The van der Waals surface area contributed by atoms with Crippen molar-refractivity contribution < 1.29 is 49.1 Å². The number of amides is 1. The Balaban J connectivity index is 1.38. The Bertz CT molecular complexity index is 2630. The number of nitrogens with one attached hydrogen (secondary N) is 2. The van der Waals surface area contributed by atoms with E-state index in [0.717, 1.165) is 18.4 Å². The fraction of sp³-hybridized carbons (Fsp3) is 0.385. The smallest absolute Gasteiger partial charge is 0.395 e. The van der Waals surface area contributed by atoms with Gasteiger partial charge >= 0.3 is 6.18 Å². The topological polar surface area (TPSA) is 144 Å². The van der Waals surface area contributed by atoms with Crippen molar-refractivity contribution in [2.24, 2.45) is 18.4 Å². The van der Waals surface area contributed by atoms with Crippen molar-refractivity contribution in [3.05, 3.63) is 94.1 Å². The summed E-state index contributed by atoms with van der Waals surface area (Å²) in [6, 6.07) is 9.28. The van der Waals surface area contributed by atoms with Gasteiger partial charge in [-0.2, -0.15) is 32.1 Å². The van der Waals surface area contributed by atoms with E-state index in [-0.39, 0.29) is 54.2 Å². The number of hydrogen-bond acceptors (Lipinski definition) is 7. The maximum absolute atomic E-state index is 15.6. The number of para-hydroxylation sites is 1. The zero-order chi connectivity index (χ0) is 42.1. The van der Waals surface area contributed by atoms with Crippen LogP contribution in [0.1, 0.15) is 72.6 Å². The first-order valence-corrected chi connectivity index (χ1v) is 19.8. The molecule has 5 aromatic rings. The van der Waals surface area contributed by atoms with E-state index in [9.17, 15) is 40.3 Å². The second kappa shape index (κ2) is 14.4. The lowest BCUT2D eigenvalue weighted by Crippen LogP contribution is -2.36. The van der Waals surface area contributed by atoms with Crippen molar-refractivity contribution in [2.45, 2.75) is 63.7 Å². The molecule has 58 heavy (non-hydrogen) atoms. The van der Waals surface area contributed by atoms with Gasteiger partial charge in [0, 0.05) is 46.5 Å². The number of benzene rings is 2. The molecule has 2 aliphatic rings. The standard InChI is InChI=1S/C39H36F7N7O4S/c1-37(2,19-54)13-12-23-8-9-24(25-6-5-7-27-33(25)52(3)50-36(27)51-58(4,56)57)32(47-23)29(16-20-14-21(40)17-22(41)15-20)48-30(55)18-53-35-31(34(49-53)39(44,45)46)26-10-11-28(26)38(35,42)43/h5-9,14-15,17,26,28-29,54H,10-11,16,18-19H2,1-4H3,(H,48,55)(H,50,51). The molecule has 3 heterocycles. The minimum absolute atomic E-state index is 0.000360. The second-order valence-corrected chi connectivity index (χ2v) is 17.0. The largest absolute Gasteiger partial charge is 0.435 e. The fourth-order valence-corrected chi connectivity index (χ4v) is 8.13. The van der Waals surface area contributed by atoms with Crippen LogP contribution in [0.15, 0.2) is 48.5 Å². The van der Waals surface area contributed by atoms with Gasteiger partial charge in [0.25, 0.3) is 5.92 Å². The third-order valence-electron chi connectivity index (χ3n) is 10.3. The molecule has 7 rings (SSSR count). The molecule has 3 unspecified atom stereocenters. The summed E-state index contributed by atoms with van der Waals surface area (Å²) in [7, 11) is -2.23. The summed E-state index contributed by atoms with van der Waals surface area (Å²) in [5.74, 6) is -3.30. The zero-order valence-electron chi connectivity index (χ0n) is 31.3. The minimum Gasteiger partial charge on any atom is -0.395 e. The Morgan fingerprint density at radius 2 is 1.76 bits per heavy atom. The number of aliphatic hydroxyl groups is 1. The average Bonchev–Trinajstić information content (AvgIpc) is 3.67. The monoisotopic (exact) mass is 831 g/mol. The zero-order valence-corrected chi connectivity index (χ0v) is 32.2. The van der Waals surface area contributed by atoms with Gasteiger partial charge in [-0.05, 0) is 80.8 Å². The van der Waals surface area contributed by atoms with Crippen LogP contribution in [0.25, 0.3) is 22.0 Å². The molecule has 3 atom stereocenters. The van der Waals surface area contributed by atoms with Crippen LogP contribution in [0.5, 0.6) is 0 Å². The highest BCUT2D eigenvalue weighted by Crippen LogP contribution is 2.64. The lowest BCUT2D eigenvalue weighted by atomic mass is 9.73. The molecular weight excluding hydrogens is 796 g/mol. The van der Waals surface area contributed by atoms with E-state index in [1.807, 2.05) is 0 Å². The predicted octanol–water partition coefficient (Wildman–Crippen LogP) is 6.57. The highest BCUT2D eigenvalue weighted by molar-refractivity contribution is 7.92. The van der Waals surface area contributed by atoms with Crippen LogP contribution in [0.3, 0.4) is 0 Å². The van der Waals surface area contributed by atoms with Gasteiger partial charge in [0.15, 0.2) is 11.5 Å². The number of aliphatic hydroxyl groups excluding tert-OH is 1. The van der Waals surface area contributed by atoms with Crippen LogP contribution >= 0.6 is 0 Å². The number of alkyl halides is 5. The molecule has 0 radical (unpaired) electrons. The van der Waals surface area contributed by atoms with Gasteiger partial charge in [-0.3, -0.25) is 18.9 Å². The first-order valence-electron chi connectivity index (χ1n) is 18.0. The lowest BCUT2D eigenvalue weighted by molar-refractivity contribution is -0.144. The summed E-state index contributed by atoms with van der Waals surface area (Å²) in [5, 5.41) is 20.6. The number of pyridine rings is 1. The number of fused-ring (bicyclic) bond motifs is 4. The molecule has 19 heteroatoms. The van der Waals surface area contributed by atoms with E-state index in [0.29, 0.717) is 27.2 Å². The van der Waals surface area contributed by atoms with E-state index < -0.39 is 86.5 Å². The van der Waals surface area contributed by atoms with Crippen molar-refractivity contribution in [2.75, 3.05) is 17.6 Å². The normalized spacial score (nSPS) is 17.9. The van der Waals surface area contributed by atoms with Crippen molar-refractivity contribution in [1.29, 1.82) is 0 Å². The van der Waals surface area contributed by atoms with E-state index in [2.05, 4.69) is 32.1 Å². The van der Waals surface area contributed by atoms with Crippen LogP contribution in [0.2, 0.25) is 0 Å². The molecule has 0 spiro atoms. The third kappa shape index (κ3) is 7.74. The number of carbonyl (C=O) groups is 1. The highest BCUT2D eigenvalue weighted by Gasteiger charge is 2.63. The van der Waals surface area contributed by atoms with Crippen LogP contribution in [0, 0.1) is 34.8 Å². The Kier molecular flexibility index (Phi) is 10.1. The third-order valence-corrected chi connectivity index (χ3v) is 10.9.